The van der Waals surface area contributed by atoms with Gasteiger partial charge in [-0.2, -0.15) is 10.1 Å². The zero-order chi connectivity index (χ0) is 34.1. The number of thioether (sulfide) groups is 1. The van der Waals surface area contributed by atoms with E-state index in [9.17, 15) is 14.0 Å². The molecule has 1 aliphatic rings. The van der Waals surface area contributed by atoms with Gasteiger partial charge in [0.05, 0.1) is 6.10 Å². The molecule has 0 saturated heterocycles. The van der Waals surface area contributed by atoms with Gasteiger partial charge >= 0.3 is 12.1 Å². The second-order valence-electron chi connectivity index (χ2n) is 13.1. The Hall–Kier alpha value is -3.22. The number of ether oxygens (including phenoxy) is 2. The fraction of sp³-hybridized carbons (Fsp3) is 0.559. The Kier molecular flexibility index (Phi) is 13.0. The molecule has 0 spiro atoms. The zero-order valence-corrected chi connectivity index (χ0v) is 28.8. The van der Waals surface area contributed by atoms with Gasteiger partial charge in [0.25, 0.3) is 0 Å². The molecule has 1 unspecified atom stereocenters. The number of aliphatic hydroxyl groups is 1. The van der Waals surface area contributed by atoms with Crippen molar-refractivity contribution >= 4 is 28.9 Å². The molecule has 0 aromatic heterocycles. The monoisotopic (exact) mass is 662 g/mol. The Balaban J connectivity index is 1.95. The minimum atomic E-state index is -1.14. The third kappa shape index (κ3) is 9.89. The summed E-state index contributed by atoms with van der Waals surface area (Å²) in [6, 6.07) is 12.0. The zero-order valence-electron chi connectivity index (χ0n) is 27.9. The molecule has 2 atom stereocenters. The molecular formula is C34H48F2N4O5S. The first-order chi connectivity index (χ1) is 21.6. The third-order valence-corrected chi connectivity index (χ3v) is 9.25. The number of nitrogens with zero attached hydrogens (tertiary/aromatic N) is 3. The van der Waals surface area contributed by atoms with E-state index in [0.29, 0.717) is 32.3 Å². The number of carbonyl (C=O) groups is 2. The van der Waals surface area contributed by atoms with Gasteiger partial charge in [-0.3, -0.25) is 0 Å². The second kappa shape index (κ2) is 16.1. The molecule has 1 aliphatic heterocycles. The number of carbonyl (C=O) groups excluding carboxylic acids is 2. The standard InChI is InChI=1S/C34H48F2N4O5S/c1-24(13-11-21-41)44-22-19-33(5,6)39(7)31(43)40-34(25-14-9-8-10-15-25,18-12-20-37-30(42)45-32(2,3)4)46-29(38-40)27-23-26(35)16-17-28(27)36/h8-10,14-17,23-24,41H,11-13,18-22H2,1-7H3,(H,37,42)/t24?,34-/m0/s1. The minimum absolute atomic E-state index is 0.0349. The molecule has 2 N–H and O–H groups in total. The number of hydrazone groups is 1. The highest BCUT2D eigenvalue weighted by Crippen LogP contribution is 2.51. The van der Waals surface area contributed by atoms with Gasteiger partial charge < -0.3 is 24.8 Å². The normalized spacial score (nSPS) is 17.4. The van der Waals surface area contributed by atoms with Crippen LogP contribution in [0.1, 0.15) is 84.8 Å². The van der Waals surface area contributed by atoms with Crippen LogP contribution in [0, 0.1) is 11.6 Å². The molecule has 0 aliphatic carbocycles. The number of urea groups is 1. The number of amides is 3. The highest BCUT2D eigenvalue weighted by Gasteiger charge is 2.50. The van der Waals surface area contributed by atoms with E-state index in [2.05, 4.69) is 10.4 Å². The largest absolute Gasteiger partial charge is 0.444 e. The molecule has 2 aromatic rings. The Labute approximate surface area is 275 Å². The number of nitrogens with one attached hydrogen (secondary N) is 1. The summed E-state index contributed by atoms with van der Waals surface area (Å²) >= 11 is 1.18. The number of aliphatic hydroxyl groups excluding tert-OH is 1. The van der Waals surface area contributed by atoms with Crippen LogP contribution < -0.4 is 5.32 Å². The van der Waals surface area contributed by atoms with Crippen molar-refractivity contribution in [3.8, 4) is 0 Å². The molecule has 0 radical (unpaired) electrons. The Bertz CT molecular complexity index is 1350. The van der Waals surface area contributed by atoms with Crippen molar-refractivity contribution in [2.45, 2.75) is 95.8 Å². The lowest BCUT2D eigenvalue weighted by Gasteiger charge is -2.42. The lowest BCUT2D eigenvalue weighted by Crippen LogP contribution is -2.54. The highest BCUT2D eigenvalue weighted by atomic mass is 32.2. The van der Waals surface area contributed by atoms with Crippen molar-refractivity contribution in [2.75, 3.05) is 26.8 Å². The smallest absolute Gasteiger partial charge is 0.407 e. The molecule has 3 rings (SSSR count). The summed E-state index contributed by atoms with van der Waals surface area (Å²) in [5.41, 5.74) is -0.618. The third-order valence-electron chi connectivity index (χ3n) is 7.80. The maximum absolute atomic E-state index is 15.1. The van der Waals surface area contributed by atoms with Crippen LogP contribution in [0.15, 0.2) is 53.6 Å². The van der Waals surface area contributed by atoms with Crippen molar-refractivity contribution < 1.29 is 33.0 Å². The molecule has 254 valence electrons. The van der Waals surface area contributed by atoms with Crippen LogP contribution >= 0.6 is 11.8 Å². The van der Waals surface area contributed by atoms with Gasteiger partial charge in [-0.15, -0.1) is 0 Å². The van der Waals surface area contributed by atoms with E-state index in [1.165, 1.54) is 16.8 Å². The van der Waals surface area contributed by atoms with E-state index in [-0.39, 0.29) is 29.9 Å². The molecule has 12 heteroatoms. The first-order valence-electron chi connectivity index (χ1n) is 15.7. The van der Waals surface area contributed by atoms with Gasteiger partial charge in [-0.05, 0) is 97.4 Å². The molecule has 0 bridgehead atoms. The highest BCUT2D eigenvalue weighted by molar-refractivity contribution is 8.15. The van der Waals surface area contributed by atoms with Crippen LogP contribution in [-0.2, 0) is 14.3 Å². The molecule has 1 heterocycles. The maximum Gasteiger partial charge on any atom is 0.407 e. The van der Waals surface area contributed by atoms with Gasteiger partial charge in [0.2, 0.25) is 0 Å². The fourth-order valence-electron chi connectivity index (χ4n) is 4.92. The molecule has 2 aromatic carbocycles. The van der Waals surface area contributed by atoms with Crippen LogP contribution in [0.3, 0.4) is 0 Å². The van der Waals surface area contributed by atoms with Gasteiger partial charge in [0.1, 0.15) is 27.2 Å². The lowest BCUT2D eigenvalue weighted by atomic mass is 9.98. The van der Waals surface area contributed by atoms with E-state index in [1.807, 2.05) is 51.1 Å². The Morgan fingerprint density at radius 2 is 1.80 bits per heavy atom. The summed E-state index contributed by atoms with van der Waals surface area (Å²) in [4.78, 5) is 27.2. The Morgan fingerprint density at radius 1 is 1.11 bits per heavy atom. The van der Waals surface area contributed by atoms with E-state index in [4.69, 9.17) is 14.6 Å². The van der Waals surface area contributed by atoms with Crippen molar-refractivity contribution in [1.29, 1.82) is 0 Å². The van der Waals surface area contributed by atoms with E-state index < -0.39 is 39.8 Å². The van der Waals surface area contributed by atoms with Crippen LogP contribution in [0.5, 0.6) is 0 Å². The summed E-state index contributed by atoms with van der Waals surface area (Å²) < 4.78 is 40.8. The number of benzene rings is 2. The second-order valence-corrected chi connectivity index (χ2v) is 14.3. The minimum Gasteiger partial charge on any atom is -0.444 e. The summed E-state index contributed by atoms with van der Waals surface area (Å²) in [6.07, 6.45) is 2.06. The molecule has 46 heavy (non-hydrogen) atoms. The number of alkyl carbamates (subject to hydrolysis) is 1. The number of halogens is 2. The van der Waals surface area contributed by atoms with E-state index >= 15 is 4.39 Å². The SMILES string of the molecule is CC(CCCO)OCCC(C)(C)N(C)C(=O)N1N=C(c2cc(F)ccc2F)S[C@@]1(CCCNC(=O)OC(C)(C)C)c1ccccc1. The summed E-state index contributed by atoms with van der Waals surface area (Å²) in [7, 11) is 1.69. The quantitative estimate of drug-likeness (QED) is 0.207. The predicted octanol–water partition coefficient (Wildman–Crippen LogP) is 7.23. The fourth-order valence-corrected chi connectivity index (χ4v) is 6.33. The predicted molar refractivity (Wildman–Crippen MR) is 178 cm³/mol. The molecule has 0 fully saturated rings. The van der Waals surface area contributed by atoms with Gasteiger partial charge in [-0.1, -0.05) is 42.1 Å². The lowest BCUT2D eigenvalue weighted by molar-refractivity contribution is 0.0260. The van der Waals surface area contributed by atoms with Crippen LogP contribution in [0.2, 0.25) is 0 Å². The van der Waals surface area contributed by atoms with E-state index in [1.54, 1.807) is 32.7 Å². The van der Waals surface area contributed by atoms with Crippen molar-refractivity contribution in [1.82, 2.24) is 15.2 Å². The van der Waals surface area contributed by atoms with Gasteiger partial charge in [0.15, 0.2) is 0 Å². The molecule has 0 saturated carbocycles. The summed E-state index contributed by atoms with van der Waals surface area (Å²) in [6.45, 7) is 11.9. The van der Waals surface area contributed by atoms with Crippen molar-refractivity contribution in [3.05, 3.63) is 71.3 Å². The average Bonchev–Trinajstić information content (AvgIpc) is 3.38. The maximum atomic E-state index is 15.1. The van der Waals surface area contributed by atoms with Crippen LogP contribution in [-0.4, -0.2) is 76.2 Å². The Morgan fingerprint density at radius 3 is 2.46 bits per heavy atom. The van der Waals surface area contributed by atoms with Crippen LogP contribution in [0.25, 0.3) is 0 Å². The molecule has 9 nitrogen and oxygen atoms in total. The summed E-state index contributed by atoms with van der Waals surface area (Å²) in [5, 5.41) is 18.1. The topological polar surface area (TPSA) is 104 Å². The van der Waals surface area contributed by atoms with Crippen molar-refractivity contribution in [2.24, 2.45) is 5.10 Å². The first-order valence-corrected chi connectivity index (χ1v) is 16.5. The number of hydrogen-bond donors (Lipinski definition) is 2. The van der Waals surface area contributed by atoms with Gasteiger partial charge in [-0.25, -0.2) is 18.4 Å². The first kappa shape index (κ1) is 37.2. The number of hydrogen-bond acceptors (Lipinski definition) is 7. The van der Waals surface area contributed by atoms with Crippen LogP contribution in [0.4, 0.5) is 18.4 Å². The summed E-state index contributed by atoms with van der Waals surface area (Å²) in [5.74, 6) is -1.28. The van der Waals surface area contributed by atoms with Gasteiger partial charge in [0, 0.05) is 37.9 Å². The van der Waals surface area contributed by atoms with Crippen molar-refractivity contribution in [3.63, 3.8) is 0 Å². The molecule has 3 amide bonds. The average molecular weight is 663 g/mol. The number of rotatable bonds is 14. The molecular weight excluding hydrogens is 614 g/mol. The van der Waals surface area contributed by atoms with E-state index in [0.717, 1.165) is 30.2 Å².